The van der Waals surface area contributed by atoms with Crippen molar-refractivity contribution in [2.45, 2.75) is 19.1 Å². The largest absolute Gasteiger partial charge is 0.374 e. The molecule has 1 aromatic rings. The fourth-order valence-electron chi connectivity index (χ4n) is 3.07. The lowest BCUT2D eigenvalue weighted by molar-refractivity contribution is -0.135. The van der Waals surface area contributed by atoms with Gasteiger partial charge in [0.25, 0.3) is 0 Å². The van der Waals surface area contributed by atoms with E-state index in [1.807, 2.05) is 11.0 Å². The number of carbonyl (C=O) groups is 1. The maximum atomic E-state index is 12.5. The third-order valence-electron chi connectivity index (χ3n) is 4.33. The number of hydrogen-bond donors (Lipinski definition) is 1. The molecule has 2 N–H and O–H groups in total. The van der Waals surface area contributed by atoms with Gasteiger partial charge in [0.1, 0.15) is 0 Å². The van der Waals surface area contributed by atoms with E-state index in [0.29, 0.717) is 19.7 Å². The van der Waals surface area contributed by atoms with Crippen LogP contribution in [-0.4, -0.2) is 61.1 Å². The van der Waals surface area contributed by atoms with Gasteiger partial charge in [-0.3, -0.25) is 9.69 Å². The molecule has 5 nitrogen and oxygen atoms in total. The number of amides is 1. The molecule has 5 heteroatoms. The van der Waals surface area contributed by atoms with E-state index in [-0.39, 0.29) is 12.0 Å². The first-order chi connectivity index (χ1) is 10.3. The lowest BCUT2D eigenvalue weighted by atomic mass is 10.00. The van der Waals surface area contributed by atoms with E-state index in [1.165, 1.54) is 11.1 Å². The number of hydrogen-bond acceptors (Lipinski definition) is 4. The predicted octanol–water partition coefficient (Wildman–Crippen LogP) is 0.231. The van der Waals surface area contributed by atoms with Crippen molar-refractivity contribution in [3.05, 3.63) is 35.4 Å². The van der Waals surface area contributed by atoms with Crippen LogP contribution in [0.15, 0.2) is 24.3 Å². The maximum Gasteiger partial charge on any atom is 0.237 e. The van der Waals surface area contributed by atoms with Crippen LogP contribution in [0.3, 0.4) is 0 Å². The molecule has 0 aliphatic carbocycles. The number of nitrogens with two attached hydrogens (primary N) is 1. The fraction of sp³-hybridized carbons (Fsp3) is 0.562. The number of nitrogens with zero attached hydrogens (tertiary/aromatic N) is 2. The van der Waals surface area contributed by atoms with E-state index in [2.05, 4.69) is 23.1 Å². The molecule has 1 saturated heterocycles. The molecule has 0 bridgehead atoms. The van der Waals surface area contributed by atoms with Crippen LogP contribution in [-0.2, 0) is 22.5 Å². The quantitative estimate of drug-likeness (QED) is 0.865. The van der Waals surface area contributed by atoms with Gasteiger partial charge in [0, 0.05) is 32.7 Å². The van der Waals surface area contributed by atoms with Gasteiger partial charge in [-0.1, -0.05) is 24.3 Å². The molecule has 2 aliphatic heterocycles. The minimum absolute atomic E-state index is 0.0635. The van der Waals surface area contributed by atoms with Crippen molar-refractivity contribution in [3.8, 4) is 0 Å². The van der Waals surface area contributed by atoms with Crippen LogP contribution in [0.4, 0.5) is 0 Å². The van der Waals surface area contributed by atoms with Crippen molar-refractivity contribution in [1.82, 2.24) is 9.80 Å². The lowest BCUT2D eigenvalue weighted by Crippen LogP contribution is -2.50. The van der Waals surface area contributed by atoms with Gasteiger partial charge >= 0.3 is 0 Å². The molecule has 1 unspecified atom stereocenters. The normalized spacial score (nSPS) is 22.9. The summed E-state index contributed by atoms with van der Waals surface area (Å²) in [5, 5.41) is 0. The summed E-state index contributed by atoms with van der Waals surface area (Å²) in [7, 11) is 0. The average molecular weight is 289 g/mol. The third kappa shape index (κ3) is 3.43. The van der Waals surface area contributed by atoms with E-state index >= 15 is 0 Å². The van der Waals surface area contributed by atoms with E-state index < -0.39 is 0 Å². The summed E-state index contributed by atoms with van der Waals surface area (Å²) in [6, 6.07) is 8.39. The molecule has 1 atom stereocenters. The summed E-state index contributed by atoms with van der Waals surface area (Å²) < 4.78 is 5.54. The highest BCUT2D eigenvalue weighted by atomic mass is 16.5. The second-order valence-corrected chi connectivity index (χ2v) is 5.80. The summed E-state index contributed by atoms with van der Waals surface area (Å²) in [4.78, 5) is 16.6. The van der Waals surface area contributed by atoms with Crippen molar-refractivity contribution in [1.29, 1.82) is 0 Å². The molecule has 2 aliphatic rings. The Labute approximate surface area is 125 Å². The topological polar surface area (TPSA) is 58.8 Å². The van der Waals surface area contributed by atoms with Crippen molar-refractivity contribution in [3.63, 3.8) is 0 Å². The number of ether oxygens (including phenoxy) is 1. The van der Waals surface area contributed by atoms with Crippen molar-refractivity contribution < 1.29 is 9.53 Å². The number of morpholine rings is 1. The smallest absolute Gasteiger partial charge is 0.237 e. The maximum absolute atomic E-state index is 12.5. The zero-order valence-corrected chi connectivity index (χ0v) is 12.3. The van der Waals surface area contributed by atoms with Crippen LogP contribution in [0.1, 0.15) is 11.1 Å². The molecule has 1 amide bonds. The van der Waals surface area contributed by atoms with Gasteiger partial charge in [-0.05, 0) is 17.5 Å². The standard InChI is InChI=1S/C16H23N3O2/c17-9-15-11-18(7-8-21-15)12-16(20)19-6-5-13-3-1-2-4-14(13)10-19/h1-4,15H,5-12,17H2. The van der Waals surface area contributed by atoms with Gasteiger partial charge in [0.05, 0.1) is 19.3 Å². The van der Waals surface area contributed by atoms with E-state index in [9.17, 15) is 4.79 Å². The molecule has 0 spiro atoms. The molecular formula is C16H23N3O2. The molecule has 3 rings (SSSR count). The number of carbonyl (C=O) groups excluding carboxylic acids is 1. The van der Waals surface area contributed by atoms with Crippen LogP contribution in [0, 0.1) is 0 Å². The first-order valence-corrected chi connectivity index (χ1v) is 7.65. The highest BCUT2D eigenvalue weighted by Crippen LogP contribution is 2.18. The number of fused-ring (bicyclic) bond motifs is 1. The zero-order chi connectivity index (χ0) is 14.7. The van der Waals surface area contributed by atoms with Crippen LogP contribution in [0.25, 0.3) is 0 Å². The number of rotatable bonds is 3. The van der Waals surface area contributed by atoms with Crippen LogP contribution in [0.5, 0.6) is 0 Å². The van der Waals surface area contributed by atoms with Gasteiger partial charge in [-0.25, -0.2) is 0 Å². The Hall–Kier alpha value is -1.43. The van der Waals surface area contributed by atoms with Crippen LogP contribution >= 0.6 is 0 Å². The Morgan fingerprint density at radius 2 is 2.10 bits per heavy atom. The SMILES string of the molecule is NCC1CN(CC(=O)N2CCc3ccccc3C2)CCO1. The number of benzene rings is 1. The molecule has 114 valence electrons. The van der Waals surface area contributed by atoms with E-state index in [0.717, 1.165) is 32.6 Å². The Bertz CT molecular complexity index is 506. The molecule has 0 saturated carbocycles. The molecule has 1 aromatic carbocycles. The van der Waals surface area contributed by atoms with Crippen molar-refractivity contribution in [2.75, 3.05) is 39.3 Å². The molecule has 1 fully saturated rings. The zero-order valence-electron chi connectivity index (χ0n) is 12.3. The molecule has 0 radical (unpaired) electrons. The molecule has 21 heavy (non-hydrogen) atoms. The Kier molecular flexibility index (Phi) is 4.53. The summed E-state index contributed by atoms with van der Waals surface area (Å²) in [5.74, 6) is 0.210. The summed E-state index contributed by atoms with van der Waals surface area (Å²) in [6.07, 6.45) is 1.02. The molecule has 0 aromatic heterocycles. The minimum Gasteiger partial charge on any atom is -0.374 e. The highest BCUT2D eigenvalue weighted by Gasteiger charge is 2.25. The van der Waals surface area contributed by atoms with Crippen molar-refractivity contribution in [2.24, 2.45) is 5.73 Å². The summed E-state index contributed by atoms with van der Waals surface area (Å²) in [5.41, 5.74) is 8.29. The first kappa shape index (κ1) is 14.5. The lowest BCUT2D eigenvalue weighted by Gasteiger charge is -2.34. The summed E-state index contributed by atoms with van der Waals surface area (Å²) >= 11 is 0. The average Bonchev–Trinajstić information content (AvgIpc) is 2.54. The van der Waals surface area contributed by atoms with Crippen molar-refractivity contribution >= 4 is 5.91 Å². The van der Waals surface area contributed by atoms with E-state index in [4.69, 9.17) is 10.5 Å². The Morgan fingerprint density at radius 3 is 2.90 bits per heavy atom. The molecule has 2 heterocycles. The van der Waals surface area contributed by atoms with Gasteiger partial charge in [0.2, 0.25) is 5.91 Å². The molecular weight excluding hydrogens is 266 g/mol. The predicted molar refractivity (Wildman–Crippen MR) is 80.8 cm³/mol. The Balaban J connectivity index is 1.57. The third-order valence-corrected chi connectivity index (χ3v) is 4.33. The summed E-state index contributed by atoms with van der Waals surface area (Å²) in [6.45, 7) is 4.78. The minimum atomic E-state index is 0.0635. The van der Waals surface area contributed by atoms with Gasteiger partial charge in [0.15, 0.2) is 0 Å². The second-order valence-electron chi connectivity index (χ2n) is 5.80. The Morgan fingerprint density at radius 1 is 1.29 bits per heavy atom. The monoisotopic (exact) mass is 289 g/mol. The fourth-order valence-corrected chi connectivity index (χ4v) is 3.07. The van der Waals surface area contributed by atoms with Gasteiger partial charge < -0.3 is 15.4 Å². The second kappa shape index (κ2) is 6.56. The van der Waals surface area contributed by atoms with Gasteiger partial charge in [-0.15, -0.1) is 0 Å². The first-order valence-electron chi connectivity index (χ1n) is 7.65. The van der Waals surface area contributed by atoms with Crippen LogP contribution in [0.2, 0.25) is 0 Å². The highest BCUT2D eigenvalue weighted by molar-refractivity contribution is 5.78. The van der Waals surface area contributed by atoms with E-state index in [1.54, 1.807) is 0 Å². The van der Waals surface area contributed by atoms with Crippen LogP contribution < -0.4 is 5.73 Å². The van der Waals surface area contributed by atoms with Gasteiger partial charge in [-0.2, -0.15) is 0 Å².